The molecule has 0 radical (unpaired) electrons. The van der Waals surface area contributed by atoms with Crippen molar-refractivity contribution in [1.82, 2.24) is 9.80 Å². The number of alkyl halides is 3. The van der Waals surface area contributed by atoms with E-state index in [-0.39, 0.29) is 18.3 Å². The molecule has 0 unspecified atom stereocenters. The number of benzene rings is 1. The Balaban J connectivity index is 1.64. The third-order valence-electron chi connectivity index (χ3n) is 4.00. The van der Waals surface area contributed by atoms with Gasteiger partial charge in [-0.1, -0.05) is 12.1 Å². The molecule has 0 N–H and O–H groups in total. The highest BCUT2D eigenvalue weighted by Gasteiger charge is 2.27. The standard InChI is InChI=1S/C18H22F4N2O2/c19-16-5-2-15(3-6-16)4-7-17(25)24-11-9-23(10-12-24)8-1-13-26-14-18(20,21)22/h2-7H,1,8-14H2/b7-4+. The van der Waals surface area contributed by atoms with Crippen molar-refractivity contribution in [1.29, 1.82) is 0 Å². The molecule has 0 bridgehead atoms. The summed E-state index contributed by atoms with van der Waals surface area (Å²) in [7, 11) is 0. The van der Waals surface area contributed by atoms with Crippen LogP contribution >= 0.6 is 0 Å². The molecule has 2 rings (SSSR count). The molecule has 1 saturated heterocycles. The normalized spacial score (nSPS) is 16.4. The van der Waals surface area contributed by atoms with Gasteiger partial charge in [0.1, 0.15) is 12.4 Å². The first-order chi connectivity index (χ1) is 12.3. The Hall–Kier alpha value is -1.93. The minimum atomic E-state index is -4.28. The van der Waals surface area contributed by atoms with Crippen LogP contribution in [0, 0.1) is 5.82 Å². The fourth-order valence-electron chi connectivity index (χ4n) is 2.62. The number of piperazine rings is 1. The summed E-state index contributed by atoms with van der Waals surface area (Å²) in [6.07, 6.45) is -0.651. The molecule has 0 saturated carbocycles. The second kappa shape index (κ2) is 9.68. The number of halogens is 4. The zero-order valence-corrected chi connectivity index (χ0v) is 14.3. The van der Waals surface area contributed by atoms with Gasteiger partial charge < -0.3 is 9.64 Å². The highest BCUT2D eigenvalue weighted by atomic mass is 19.4. The summed E-state index contributed by atoms with van der Waals surface area (Å²) >= 11 is 0. The summed E-state index contributed by atoms with van der Waals surface area (Å²) in [5.74, 6) is -0.434. The van der Waals surface area contributed by atoms with E-state index in [1.807, 2.05) is 0 Å². The van der Waals surface area contributed by atoms with Gasteiger partial charge >= 0.3 is 6.18 Å². The number of ether oxygens (including phenoxy) is 1. The van der Waals surface area contributed by atoms with E-state index in [1.165, 1.54) is 18.2 Å². The molecular weight excluding hydrogens is 352 g/mol. The highest BCUT2D eigenvalue weighted by Crippen LogP contribution is 2.14. The van der Waals surface area contributed by atoms with E-state index in [4.69, 9.17) is 0 Å². The molecule has 1 aliphatic heterocycles. The number of rotatable bonds is 7. The van der Waals surface area contributed by atoms with Crippen LogP contribution in [0.5, 0.6) is 0 Å². The van der Waals surface area contributed by atoms with Gasteiger partial charge in [-0.05, 0) is 30.2 Å². The fraction of sp³-hybridized carbons (Fsp3) is 0.500. The van der Waals surface area contributed by atoms with Crippen LogP contribution in [0.1, 0.15) is 12.0 Å². The lowest BCUT2D eigenvalue weighted by atomic mass is 10.2. The third-order valence-corrected chi connectivity index (χ3v) is 4.00. The monoisotopic (exact) mass is 374 g/mol. The predicted molar refractivity (Wildman–Crippen MR) is 89.9 cm³/mol. The van der Waals surface area contributed by atoms with Crippen LogP contribution in [0.15, 0.2) is 30.3 Å². The van der Waals surface area contributed by atoms with Crippen molar-refractivity contribution in [3.05, 3.63) is 41.7 Å². The average Bonchev–Trinajstić information content (AvgIpc) is 2.60. The number of carbonyl (C=O) groups excluding carboxylic acids is 1. The van der Waals surface area contributed by atoms with Gasteiger partial charge in [-0.15, -0.1) is 0 Å². The van der Waals surface area contributed by atoms with Crippen LogP contribution in [0.25, 0.3) is 6.08 Å². The molecule has 1 amide bonds. The van der Waals surface area contributed by atoms with Crippen molar-refractivity contribution in [3.8, 4) is 0 Å². The largest absolute Gasteiger partial charge is 0.411 e. The van der Waals surface area contributed by atoms with Crippen LogP contribution in [0.3, 0.4) is 0 Å². The Kier molecular flexibility index (Phi) is 7.59. The molecular formula is C18H22F4N2O2. The SMILES string of the molecule is O=C(/C=C/c1ccc(F)cc1)N1CCN(CCCOCC(F)(F)F)CC1. The summed E-state index contributed by atoms with van der Waals surface area (Å²) in [6.45, 7) is 1.98. The van der Waals surface area contributed by atoms with Gasteiger partial charge in [0.25, 0.3) is 0 Å². The first-order valence-corrected chi connectivity index (χ1v) is 8.43. The summed E-state index contributed by atoms with van der Waals surface area (Å²) in [4.78, 5) is 16.0. The molecule has 1 aromatic rings. The van der Waals surface area contributed by atoms with Crippen molar-refractivity contribution >= 4 is 12.0 Å². The fourth-order valence-corrected chi connectivity index (χ4v) is 2.62. The van der Waals surface area contributed by atoms with Crippen LogP contribution < -0.4 is 0 Å². The van der Waals surface area contributed by atoms with Crippen LogP contribution in [0.4, 0.5) is 17.6 Å². The topological polar surface area (TPSA) is 32.8 Å². The molecule has 144 valence electrons. The van der Waals surface area contributed by atoms with Crippen molar-refractivity contribution in [3.63, 3.8) is 0 Å². The Labute approximate surface area is 150 Å². The van der Waals surface area contributed by atoms with E-state index in [0.29, 0.717) is 39.1 Å². The first-order valence-electron chi connectivity index (χ1n) is 8.43. The van der Waals surface area contributed by atoms with E-state index < -0.39 is 12.8 Å². The molecule has 0 spiro atoms. The molecule has 0 aliphatic carbocycles. The van der Waals surface area contributed by atoms with Gasteiger partial charge in [0, 0.05) is 45.4 Å². The van der Waals surface area contributed by atoms with Gasteiger partial charge in [0.15, 0.2) is 0 Å². The minimum Gasteiger partial charge on any atom is -0.372 e. The first kappa shape index (κ1) is 20.4. The van der Waals surface area contributed by atoms with E-state index in [0.717, 1.165) is 5.56 Å². The Morgan fingerprint density at radius 2 is 1.77 bits per heavy atom. The van der Waals surface area contributed by atoms with Gasteiger partial charge in [0.2, 0.25) is 5.91 Å². The van der Waals surface area contributed by atoms with E-state index in [9.17, 15) is 22.4 Å². The summed E-state index contributed by atoms with van der Waals surface area (Å²) in [6, 6.07) is 5.86. The second-order valence-corrected chi connectivity index (χ2v) is 6.07. The zero-order chi connectivity index (χ0) is 19.0. The van der Waals surface area contributed by atoms with Gasteiger partial charge in [-0.3, -0.25) is 9.69 Å². The maximum Gasteiger partial charge on any atom is 0.411 e. The van der Waals surface area contributed by atoms with Gasteiger partial charge in [-0.25, -0.2) is 4.39 Å². The Bertz CT molecular complexity index is 594. The molecule has 4 nitrogen and oxygen atoms in total. The maximum atomic E-state index is 12.8. The Morgan fingerprint density at radius 3 is 2.38 bits per heavy atom. The third kappa shape index (κ3) is 7.53. The predicted octanol–water partition coefficient (Wildman–Crippen LogP) is 2.95. The molecule has 8 heteroatoms. The number of carbonyl (C=O) groups is 1. The van der Waals surface area contributed by atoms with Gasteiger partial charge in [0.05, 0.1) is 0 Å². The van der Waals surface area contributed by atoms with E-state index in [2.05, 4.69) is 9.64 Å². The number of hydrogen-bond acceptors (Lipinski definition) is 3. The second-order valence-electron chi connectivity index (χ2n) is 6.07. The molecule has 0 atom stereocenters. The molecule has 1 aliphatic rings. The number of nitrogens with zero attached hydrogens (tertiary/aromatic N) is 2. The average molecular weight is 374 g/mol. The van der Waals surface area contributed by atoms with Crippen molar-refractivity contribution < 1.29 is 27.1 Å². The van der Waals surface area contributed by atoms with Crippen molar-refractivity contribution in [2.24, 2.45) is 0 Å². The highest BCUT2D eigenvalue weighted by molar-refractivity contribution is 5.91. The smallest absolute Gasteiger partial charge is 0.372 e. The zero-order valence-electron chi connectivity index (χ0n) is 14.3. The quantitative estimate of drug-likeness (QED) is 0.418. The van der Waals surface area contributed by atoms with Gasteiger partial charge in [-0.2, -0.15) is 13.2 Å². The number of hydrogen-bond donors (Lipinski definition) is 0. The summed E-state index contributed by atoms with van der Waals surface area (Å²) < 4.78 is 53.3. The Morgan fingerprint density at radius 1 is 1.12 bits per heavy atom. The minimum absolute atomic E-state index is 0.0685. The van der Waals surface area contributed by atoms with Crippen molar-refractivity contribution in [2.75, 3.05) is 45.9 Å². The van der Waals surface area contributed by atoms with Crippen LogP contribution in [-0.4, -0.2) is 67.8 Å². The molecule has 1 aromatic carbocycles. The number of amides is 1. The summed E-state index contributed by atoms with van der Waals surface area (Å²) in [5, 5.41) is 0. The lowest BCUT2D eigenvalue weighted by Gasteiger charge is -2.34. The van der Waals surface area contributed by atoms with E-state index in [1.54, 1.807) is 23.1 Å². The maximum absolute atomic E-state index is 12.8. The van der Waals surface area contributed by atoms with Crippen molar-refractivity contribution in [2.45, 2.75) is 12.6 Å². The molecule has 0 aromatic heterocycles. The van der Waals surface area contributed by atoms with E-state index >= 15 is 0 Å². The lowest BCUT2D eigenvalue weighted by Crippen LogP contribution is -2.48. The molecule has 26 heavy (non-hydrogen) atoms. The molecule has 1 fully saturated rings. The lowest BCUT2D eigenvalue weighted by molar-refractivity contribution is -0.174. The summed E-state index contributed by atoms with van der Waals surface area (Å²) in [5.41, 5.74) is 0.747. The molecule has 1 heterocycles. The van der Waals surface area contributed by atoms with Crippen LogP contribution in [-0.2, 0) is 9.53 Å². The van der Waals surface area contributed by atoms with Crippen LogP contribution in [0.2, 0.25) is 0 Å².